The van der Waals surface area contributed by atoms with Gasteiger partial charge in [0.1, 0.15) is 0 Å². The average molecular weight is 306 g/mol. The molecule has 0 aromatic carbocycles. The monoisotopic (exact) mass is 305 g/mol. The van der Waals surface area contributed by atoms with E-state index in [1.165, 1.54) is 4.31 Å². The molecule has 0 bridgehead atoms. The van der Waals surface area contributed by atoms with Gasteiger partial charge in [-0.1, -0.05) is 6.07 Å². The molecule has 2 heterocycles. The van der Waals surface area contributed by atoms with Crippen LogP contribution < -0.4 is 5.32 Å². The summed E-state index contributed by atoms with van der Waals surface area (Å²) < 4.78 is 26.0. The van der Waals surface area contributed by atoms with Gasteiger partial charge in [-0.2, -0.15) is 0 Å². The summed E-state index contributed by atoms with van der Waals surface area (Å²) in [6.07, 6.45) is 5.20. The summed E-state index contributed by atoms with van der Waals surface area (Å²) in [4.78, 5) is 3.95. The van der Waals surface area contributed by atoms with Crippen LogP contribution in [0.15, 0.2) is 24.5 Å². The minimum absolute atomic E-state index is 0. The smallest absolute Gasteiger partial charge is 0.218 e. The van der Waals surface area contributed by atoms with Crippen molar-refractivity contribution in [3.05, 3.63) is 30.1 Å². The van der Waals surface area contributed by atoms with Gasteiger partial charge >= 0.3 is 0 Å². The predicted molar refractivity (Wildman–Crippen MR) is 77.8 cm³/mol. The normalized spacial score (nSPS) is 20.0. The van der Waals surface area contributed by atoms with Crippen molar-refractivity contribution < 1.29 is 8.42 Å². The lowest BCUT2D eigenvalue weighted by Gasteiger charge is -2.30. The Morgan fingerprint density at radius 3 is 2.89 bits per heavy atom. The Balaban J connectivity index is 0.00000180. The molecule has 1 aliphatic heterocycles. The first-order chi connectivity index (χ1) is 8.59. The summed E-state index contributed by atoms with van der Waals surface area (Å²) in [5, 5.41) is 3.23. The van der Waals surface area contributed by atoms with Gasteiger partial charge in [0.05, 0.1) is 5.75 Å². The molecule has 5 nitrogen and oxygen atoms in total. The predicted octanol–water partition coefficient (Wildman–Crippen LogP) is 1.02. The molecule has 0 aliphatic carbocycles. The van der Waals surface area contributed by atoms with Gasteiger partial charge < -0.3 is 5.32 Å². The van der Waals surface area contributed by atoms with Crippen LogP contribution in [0.4, 0.5) is 0 Å². The van der Waals surface area contributed by atoms with E-state index in [1.54, 1.807) is 31.6 Å². The van der Waals surface area contributed by atoms with Gasteiger partial charge in [0.15, 0.2) is 0 Å². The molecule has 19 heavy (non-hydrogen) atoms. The van der Waals surface area contributed by atoms with Gasteiger partial charge in [-0.05, 0) is 31.0 Å². The minimum Gasteiger partial charge on any atom is -0.315 e. The van der Waals surface area contributed by atoms with E-state index in [4.69, 9.17) is 0 Å². The number of nitrogens with zero attached hydrogens (tertiary/aromatic N) is 2. The van der Waals surface area contributed by atoms with Crippen molar-refractivity contribution in [2.24, 2.45) is 0 Å². The number of sulfonamides is 1. The third-order valence-corrected chi connectivity index (χ3v) is 5.17. The van der Waals surface area contributed by atoms with Crippen molar-refractivity contribution in [1.29, 1.82) is 0 Å². The average Bonchev–Trinajstić information content (AvgIpc) is 2.39. The number of pyridine rings is 1. The van der Waals surface area contributed by atoms with E-state index in [9.17, 15) is 8.42 Å². The molecule has 1 saturated heterocycles. The second-order valence-corrected chi connectivity index (χ2v) is 6.66. The molecule has 108 valence electrons. The minimum atomic E-state index is -3.26. The van der Waals surface area contributed by atoms with E-state index < -0.39 is 10.0 Å². The Hall–Kier alpha value is -0.690. The Morgan fingerprint density at radius 1 is 1.53 bits per heavy atom. The van der Waals surface area contributed by atoms with Crippen LogP contribution in [0.25, 0.3) is 0 Å². The molecule has 1 aromatic rings. The summed E-state index contributed by atoms with van der Waals surface area (Å²) in [5.41, 5.74) is 0.730. The number of hydrogen-bond donors (Lipinski definition) is 1. The van der Waals surface area contributed by atoms with Crippen LogP contribution >= 0.6 is 12.4 Å². The largest absolute Gasteiger partial charge is 0.315 e. The number of rotatable bonds is 4. The first-order valence-corrected chi connectivity index (χ1v) is 7.76. The quantitative estimate of drug-likeness (QED) is 0.902. The van der Waals surface area contributed by atoms with E-state index in [1.807, 2.05) is 0 Å². The third kappa shape index (κ3) is 4.42. The van der Waals surface area contributed by atoms with E-state index in [0.29, 0.717) is 0 Å². The van der Waals surface area contributed by atoms with Crippen molar-refractivity contribution in [3.8, 4) is 0 Å². The number of halogens is 1. The molecule has 0 amide bonds. The highest BCUT2D eigenvalue weighted by molar-refractivity contribution is 7.88. The number of hydrogen-bond acceptors (Lipinski definition) is 4. The Morgan fingerprint density at radius 2 is 2.32 bits per heavy atom. The maximum Gasteiger partial charge on any atom is 0.218 e. The number of likely N-dealkylation sites (N-methyl/N-ethyl adjacent to an activating group) is 1. The number of piperidine rings is 1. The Kier molecular flexibility index (Phi) is 6.19. The lowest BCUT2D eigenvalue weighted by atomic mass is 10.1. The summed E-state index contributed by atoms with van der Waals surface area (Å²) >= 11 is 0. The Bertz CT molecular complexity index is 475. The molecule has 2 rings (SSSR count). The SMILES string of the molecule is CN(C1CCCNC1)S(=O)(=O)Cc1cccnc1.Cl. The van der Waals surface area contributed by atoms with Crippen molar-refractivity contribution in [2.45, 2.75) is 24.6 Å². The summed E-state index contributed by atoms with van der Waals surface area (Å²) in [7, 11) is -1.59. The highest BCUT2D eigenvalue weighted by Gasteiger charge is 2.27. The van der Waals surface area contributed by atoms with Crippen LogP contribution in [0.5, 0.6) is 0 Å². The van der Waals surface area contributed by atoms with Crippen molar-refractivity contribution >= 4 is 22.4 Å². The highest BCUT2D eigenvalue weighted by Crippen LogP contribution is 2.15. The maximum atomic E-state index is 12.3. The highest BCUT2D eigenvalue weighted by atomic mass is 35.5. The van der Waals surface area contributed by atoms with Gasteiger partial charge in [-0.15, -0.1) is 12.4 Å². The van der Waals surface area contributed by atoms with E-state index in [2.05, 4.69) is 10.3 Å². The molecule has 1 unspecified atom stereocenters. The van der Waals surface area contributed by atoms with Crippen molar-refractivity contribution in [1.82, 2.24) is 14.6 Å². The molecular formula is C12H20ClN3O2S. The standard InChI is InChI=1S/C12H19N3O2S.ClH/c1-15(12-5-3-7-14-9-12)18(16,17)10-11-4-2-6-13-8-11;/h2,4,6,8,12,14H,3,5,7,9-10H2,1H3;1H. The van der Waals surface area contributed by atoms with Crippen molar-refractivity contribution in [3.63, 3.8) is 0 Å². The third-order valence-electron chi connectivity index (χ3n) is 3.30. The molecule has 0 saturated carbocycles. The lowest BCUT2D eigenvalue weighted by Crippen LogP contribution is -2.46. The fourth-order valence-corrected chi connectivity index (χ4v) is 3.60. The van der Waals surface area contributed by atoms with Crippen LogP contribution in [-0.4, -0.2) is 43.9 Å². The second-order valence-electron chi connectivity index (χ2n) is 4.63. The van der Waals surface area contributed by atoms with Crippen LogP contribution in [0, 0.1) is 0 Å². The zero-order valence-corrected chi connectivity index (χ0v) is 12.6. The fraction of sp³-hybridized carbons (Fsp3) is 0.583. The van der Waals surface area contributed by atoms with Gasteiger partial charge in [-0.25, -0.2) is 12.7 Å². The molecular weight excluding hydrogens is 286 g/mol. The molecule has 0 radical (unpaired) electrons. The van der Waals surface area contributed by atoms with E-state index in [-0.39, 0.29) is 24.2 Å². The van der Waals surface area contributed by atoms with Gasteiger partial charge in [0.25, 0.3) is 0 Å². The van der Waals surface area contributed by atoms with Gasteiger partial charge in [-0.3, -0.25) is 4.98 Å². The van der Waals surface area contributed by atoms with Crippen LogP contribution in [-0.2, 0) is 15.8 Å². The van der Waals surface area contributed by atoms with Crippen LogP contribution in [0.2, 0.25) is 0 Å². The molecule has 1 N–H and O–H groups in total. The molecule has 1 aromatic heterocycles. The summed E-state index contributed by atoms with van der Waals surface area (Å²) in [5.74, 6) is 0.0217. The first-order valence-electron chi connectivity index (χ1n) is 6.15. The zero-order chi connectivity index (χ0) is 13.0. The van der Waals surface area contributed by atoms with Crippen molar-refractivity contribution in [2.75, 3.05) is 20.1 Å². The number of nitrogens with one attached hydrogen (secondary N) is 1. The second kappa shape index (κ2) is 7.19. The van der Waals surface area contributed by atoms with E-state index in [0.717, 1.165) is 31.5 Å². The lowest BCUT2D eigenvalue weighted by molar-refractivity contribution is 0.300. The van der Waals surface area contributed by atoms with Crippen LogP contribution in [0.3, 0.4) is 0 Å². The molecule has 7 heteroatoms. The maximum absolute atomic E-state index is 12.3. The molecule has 1 atom stereocenters. The molecule has 0 spiro atoms. The summed E-state index contributed by atoms with van der Waals surface area (Å²) in [6, 6.07) is 3.62. The fourth-order valence-electron chi connectivity index (χ4n) is 2.17. The first kappa shape index (κ1) is 16.4. The van der Waals surface area contributed by atoms with Crippen LogP contribution in [0.1, 0.15) is 18.4 Å². The Labute approximate surface area is 120 Å². The van der Waals surface area contributed by atoms with Gasteiger partial charge in [0, 0.05) is 32.0 Å². The zero-order valence-electron chi connectivity index (χ0n) is 10.9. The molecule has 1 aliphatic rings. The number of aromatic nitrogens is 1. The molecule has 1 fully saturated rings. The van der Waals surface area contributed by atoms with Gasteiger partial charge in [0.2, 0.25) is 10.0 Å². The topological polar surface area (TPSA) is 62.3 Å². The summed E-state index contributed by atoms with van der Waals surface area (Å²) in [6.45, 7) is 1.72. The van der Waals surface area contributed by atoms with E-state index >= 15 is 0 Å².